The first kappa shape index (κ1) is 24.5. The maximum absolute atomic E-state index is 13.3. The highest BCUT2D eigenvalue weighted by Crippen LogP contribution is 2.50. The van der Waals surface area contributed by atoms with E-state index >= 15 is 0 Å². The number of sulfonamides is 1. The summed E-state index contributed by atoms with van der Waals surface area (Å²) < 4.78 is 40.7. The summed E-state index contributed by atoms with van der Waals surface area (Å²) >= 11 is 8.00. The number of halogens is 1. The fraction of sp³-hybridized carbons (Fsp3) is 0.286. The molecule has 6 nitrogen and oxygen atoms in total. The van der Waals surface area contributed by atoms with E-state index in [1.165, 1.54) is 12.7 Å². The van der Waals surface area contributed by atoms with Crippen LogP contribution in [0.5, 0.6) is 11.5 Å². The van der Waals surface area contributed by atoms with Crippen molar-refractivity contribution in [3.8, 4) is 11.5 Å². The third-order valence-electron chi connectivity index (χ3n) is 7.18. The minimum atomic E-state index is -3.86. The second-order valence-electron chi connectivity index (χ2n) is 9.52. The van der Waals surface area contributed by atoms with Crippen molar-refractivity contribution < 1.29 is 17.9 Å². The number of ether oxygens (including phenoxy) is 2. The van der Waals surface area contributed by atoms with Gasteiger partial charge in [0.2, 0.25) is 0 Å². The highest BCUT2D eigenvalue weighted by molar-refractivity contribution is 8.00. The molecule has 0 radical (unpaired) electrons. The SMILES string of the molecule is COc1ccc(Cl)cc1NS(=O)(=O)c1ccc2c(c1)[C@H]1C=CC[C@H]1[C@@H](c1cccc(OC3CSC3)c1)N2. The van der Waals surface area contributed by atoms with Gasteiger partial charge in [0.1, 0.15) is 17.6 Å². The predicted octanol–water partition coefficient (Wildman–Crippen LogP) is 6.47. The topological polar surface area (TPSA) is 76.7 Å². The van der Waals surface area contributed by atoms with Crippen LogP contribution in [0.2, 0.25) is 5.02 Å². The first-order valence-electron chi connectivity index (χ1n) is 12.2. The van der Waals surface area contributed by atoms with Gasteiger partial charge in [-0.2, -0.15) is 11.8 Å². The molecule has 0 saturated carbocycles. The van der Waals surface area contributed by atoms with Gasteiger partial charge in [0.05, 0.1) is 23.7 Å². The van der Waals surface area contributed by atoms with E-state index in [2.05, 4.69) is 40.4 Å². The van der Waals surface area contributed by atoms with E-state index in [4.69, 9.17) is 21.1 Å². The lowest BCUT2D eigenvalue weighted by Gasteiger charge is -2.38. The first-order chi connectivity index (χ1) is 17.9. The summed E-state index contributed by atoms with van der Waals surface area (Å²) in [7, 11) is -2.37. The lowest BCUT2D eigenvalue weighted by molar-refractivity contribution is 0.240. The van der Waals surface area contributed by atoms with Crippen molar-refractivity contribution in [2.24, 2.45) is 5.92 Å². The molecule has 0 amide bonds. The maximum Gasteiger partial charge on any atom is 0.262 e. The van der Waals surface area contributed by atoms with Crippen LogP contribution in [0.4, 0.5) is 11.4 Å². The van der Waals surface area contributed by atoms with Gasteiger partial charge in [0.25, 0.3) is 10.0 Å². The van der Waals surface area contributed by atoms with Gasteiger partial charge < -0.3 is 14.8 Å². The molecule has 192 valence electrons. The van der Waals surface area contributed by atoms with Crippen LogP contribution in [0, 0.1) is 5.92 Å². The average molecular weight is 555 g/mol. The Bertz CT molecular complexity index is 1470. The summed E-state index contributed by atoms with van der Waals surface area (Å²) in [5, 5.41) is 4.11. The molecule has 3 aromatic rings. The lowest BCUT2D eigenvalue weighted by Crippen LogP contribution is -2.31. The Hall–Kier alpha value is -2.81. The van der Waals surface area contributed by atoms with Crippen LogP contribution in [0.1, 0.15) is 29.5 Å². The molecule has 9 heteroatoms. The van der Waals surface area contributed by atoms with E-state index in [-0.39, 0.29) is 22.8 Å². The van der Waals surface area contributed by atoms with Crippen LogP contribution in [-0.2, 0) is 10.0 Å². The number of anilines is 2. The van der Waals surface area contributed by atoms with Crippen LogP contribution in [0.3, 0.4) is 0 Å². The molecule has 1 saturated heterocycles. The highest BCUT2D eigenvalue weighted by atomic mass is 35.5. The van der Waals surface area contributed by atoms with Gasteiger partial charge in [0.15, 0.2) is 0 Å². The molecule has 0 aromatic heterocycles. The van der Waals surface area contributed by atoms with Gasteiger partial charge in [-0.1, -0.05) is 35.9 Å². The summed E-state index contributed by atoms with van der Waals surface area (Å²) in [6.07, 6.45) is 5.61. The normalized spacial score (nSPS) is 22.4. The number of methoxy groups -OCH3 is 1. The average Bonchev–Trinajstić information content (AvgIpc) is 3.36. The van der Waals surface area contributed by atoms with Crippen molar-refractivity contribution in [3.63, 3.8) is 0 Å². The molecule has 3 aliphatic rings. The molecule has 3 aromatic carbocycles. The molecular formula is C28H27ClN2O4S2. The zero-order chi connectivity index (χ0) is 25.6. The standard InChI is InChI=1S/C28H27ClN2O4S2/c1-34-27-11-8-18(29)13-26(27)31-37(32,33)21-9-10-25-24(14-21)22-6-3-7-23(22)28(30-25)17-4-2-5-19(12-17)35-20-15-36-16-20/h2-6,8-14,20,22-23,28,30-31H,7,15-16H2,1H3/t22-,23+,28+/m0/s1. The molecule has 0 unspecified atom stereocenters. The van der Waals surface area contributed by atoms with Gasteiger partial charge in [-0.15, -0.1) is 0 Å². The molecule has 1 aliphatic carbocycles. The van der Waals surface area contributed by atoms with Gasteiger partial charge in [-0.3, -0.25) is 4.72 Å². The summed E-state index contributed by atoms with van der Waals surface area (Å²) in [5.41, 5.74) is 3.40. The Morgan fingerprint density at radius 1 is 1.08 bits per heavy atom. The Labute approximate surface area is 226 Å². The molecule has 1 fully saturated rings. The third-order valence-corrected chi connectivity index (χ3v) is 9.99. The number of hydrogen-bond donors (Lipinski definition) is 2. The summed E-state index contributed by atoms with van der Waals surface area (Å²) in [4.78, 5) is 0.196. The Morgan fingerprint density at radius 3 is 2.73 bits per heavy atom. The molecular weight excluding hydrogens is 528 g/mol. The Balaban J connectivity index is 1.29. The predicted molar refractivity (Wildman–Crippen MR) is 150 cm³/mol. The van der Waals surface area contributed by atoms with E-state index in [1.54, 1.807) is 30.3 Å². The molecule has 2 heterocycles. The van der Waals surface area contributed by atoms with Gasteiger partial charge >= 0.3 is 0 Å². The fourth-order valence-corrected chi connectivity index (χ4v) is 7.12. The van der Waals surface area contributed by atoms with Crippen LogP contribution in [0.15, 0.2) is 77.7 Å². The number of benzene rings is 3. The third kappa shape index (κ3) is 4.78. The van der Waals surface area contributed by atoms with Gasteiger partial charge in [-0.05, 0) is 72.0 Å². The number of allylic oxidation sites excluding steroid dienone is 2. The largest absolute Gasteiger partial charge is 0.495 e. The minimum absolute atomic E-state index is 0.100. The molecule has 6 rings (SSSR count). The fourth-order valence-electron chi connectivity index (χ4n) is 5.29. The number of thioether (sulfide) groups is 1. The number of hydrogen-bond acceptors (Lipinski definition) is 6. The second kappa shape index (κ2) is 9.82. The van der Waals surface area contributed by atoms with E-state index < -0.39 is 10.0 Å². The Morgan fingerprint density at radius 2 is 1.95 bits per heavy atom. The van der Waals surface area contributed by atoms with E-state index in [0.29, 0.717) is 22.6 Å². The first-order valence-corrected chi connectivity index (χ1v) is 15.2. The minimum Gasteiger partial charge on any atom is -0.495 e. The van der Waals surface area contributed by atoms with Crippen LogP contribution in [-0.4, -0.2) is 33.1 Å². The van der Waals surface area contributed by atoms with Gasteiger partial charge in [0, 0.05) is 28.1 Å². The van der Waals surface area contributed by atoms with Crippen LogP contribution < -0.4 is 19.5 Å². The molecule has 0 spiro atoms. The summed E-state index contributed by atoms with van der Waals surface area (Å²) in [6.45, 7) is 0. The van der Waals surface area contributed by atoms with Crippen LogP contribution >= 0.6 is 23.4 Å². The molecule has 2 N–H and O–H groups in total. The van der Waals surface area contributed by atoms with Crippen molar-refractivity contribution >= 4 is 44.8 Å². The highest BCUT2D eigenvalue weighted by Gasteiger charge is 2.38. The van der Waals surface area contributed by atoms with E-state index in [9.17, 15) is 8.42 Å². The monoisotopic (exact) mass is 554 g/mol. The van der Waals surface area contributed by atoms with Crippen molar-refractivity contribution in [2.45, 2.75) is 29.4 Å². The lowest BCUT2D eigenvalue weighted by atomic mass is 9.77. The number of rotatable bonds is 7. The summed E-state index contributed by atoms with van der Waals surface area (Å²) in [6, 6.07) is 18.6. The zero-order valence-electron chi connectivity index (χ0n) is 20.2. The second-order valence-corrected chi connectivity index (χ2v) is 12.7. The molecule has 3 atom stereocenters. The zero-order valence-corrected chi connectivity index (χ0v) is 22.6. The van der Waals surface area contributed by atoms with Crippen molar-refractivity contribution in [2.75, 3.05) is 28.7 Å². The Kier molecular flexibility index (Phi) is 6.51. The smallest absolute Gasteiger partial charge is 0.262 e. The van der Waals surface area contributed by atoms with E-state index in [0.717, 1.165) is 34.9 Å². The maximum atomic E-state index is 13.3. The molecule has 37 heavy (non-hydrogen) atoms. The van der Waals surface area contributed by atoms with Crippen molar-refractivity contribution in [1.82, 2.24) is 0 Å². The molecule has 0 bridgehead atoms. The quantitative estimate of drug-likeness (QED) is 0.326. The summed E-state index contributed by atoms with van der Waals surface area (Å²) in [5.74, 6) is 3.78. The van der Waals surface area contributed by atoms with Crippen LogP contribution in [0.25, 0.3) is 0 Å². The van der Waals surface area contributed by atoms with E-state index in [1.807, 2.05) is 23.9 Å². The molecule has 2 aliphatic heterocycles. The number of fused-ring (bicyclic) bond motifs is 3. The van der Waals surface area contributed by atoms with Crippen molar-refractivity contribution in [3.05, 3.63) is 89.0 Å². The van der Waals surface area contributed by atoms with Crippen molar-refractivity contribution in [1.29, 1.82) is 0 Å². The van der Waals surface area contributed by atoms with Gasteiger partial charge in [-0.25, -0.2) is 8.42 Å². The number of nitrogens with one attached hydrogen (secondary N) is 2.